The molecule has 0 amide bonds. The van der Waals surface area contributed by atoms with Crippen LogP contribution in [0.4, 0.5) is 17.6 Å². The number of hydrogen-bond acceptors (Lipinski definition) is 7. The van der Waals surface area contributed by atoms with Crippen LogP contribution < -0.4 is 29.9 Å². The van der Waals surface area contributed by atoms with Crippen molar-refractivity contribution in [1.82, 2.24) is 15.3 Å². The van der Waals surface area contributed by atoms with Gasteiger partial charge < -0.3 is 29.9 Å². The molecule has 2 saturated heterocycles. The second-order valence-electron chi connectivity index (χ2n) is 9.79. The van der Waals surface area contributed by atoms with Gasteiger partial charge in [-0.2, -0.15) is 9.97 Å². The summed E-state index contributed by atoms with van der Waals surface area (Å²) in [6.07, 6.45) is 4.94. The quantitative estimate of drug-likeness (QED) is 0.611. The van der Waals surface area contributed by atoms with Crippen LogP contribution in [0.15, 0.2) is 24.3 Å². The maximum atomic E-state index is 5.59. The monoisotopic (exact) mass is 482 g/mol. The number of piperidine rings is 2. The number of fused-ring (bicyclic) bond motifs is 1. The van der Waals surface area contributed by atoms with Gasteiger partial charge in [-0.1, -0.05) is 19.9 Å². The van der Waals surface area contributed by atoms with E-state index in [4.69, 9.17) is 31.7 Å². The highest BCUT2D eigenvalue weighted by Gasteiger charge is 2.23. The van der Waals surface area contributed by atoms with Crippen LogP contribution in [0.25, 0.3) is 0 Å². The van der Waals surface area contributed by atoms with Crippen molar-refractivity contribution < 1.29 is 9.47 Å². The zero-order chi connectivity index (χ0) is 23.5. The van der Waals surface area contributed by atoms with E-state index in [-0.39, 0.29) is 6.79 Å². The third kappa shape index (κ3) is 5.46. The first-order valence-electron chi connectivity index (χ1n) is 12.4. The second-order valence-corrected chi connectivity index (χ2v) is 10.2. The molecule has 34 heavy (non-hydrogen) atoms. The Labute approximate surface area is 207 Å². The molecule has 3 aliphatic rings. The molecule has 5 rings (SSSR count). The van der Waals surface area contributed by atoms with Gasteiger partial charge in [-0.15, -0.1) is 0 Å². The van der Waals surface area contributed by atoms with Crippen molar-refractivity contribution in [2.75, 3.05) is 48.1 Å². The number of nitrogens with zero attached hydrogens (tertiary/aromatic N) is 4. The summed E-state index contributed by atoms with van der Waals surface area (Å²) >= 11 is 5.59. The van der Waals surface area contributed by atoms with Gasteiger partial charge in [-0.25, -0.2) is 0 Å². The third-order valence-corrected chi connectivity index (χ3v) is 7.02. The van der Waals surface area contributed by atoms with Crippen LogP contribution in [-0.2, 0) is 6.54 Å². The molecule has 0 radical (unpaired) electrons. The Balaban J connectivity index is 1.30. The second kappa shape index (κ2) is 10.2. The summed E-state index contributed by atoms with van der Waals surface area (Å²) in [6.45, 7) is 9.59. The van der Waals surface area contributed by atoms with Crippen molar-refractivity contribution in [1.29, 1.82) is 0 Å². The van der Waals surface area contributed by atoms with Crippen molar-refractivity contribution >= 4 is 34.9 Å². The standard InChI is InChI=1S/C25H34N6O2S/c1-17-5-3-9-30(14-17)22-12-23(31-10-4-6-18(2)15-31)28-24(27-22)29-25(34)26-13-19-7-8-20-21(11-19)33-16-32-20/h7-8,11-12,17-18H,3-6,9-10,13-16H2,1-2H3,(H2,26,27,28,29,34)/t17-,18-/m0/s1. The molecule has 2 N–H and O–H groups in total. The van der Waals surface area contributed by atoms with E-state index >= 15 is 0 Å². The molecule has 0 aliphatic carbocycles. The summed E-state index contributed by atoms with van der Waals surface area (Å²) in [5, 5.41) is 7.00. The number of hydrogen-bond donors (Lipinski definition) is 2. The molecule has 2 fully saturated rings. The Morgan fingerprint density at radius 2 is 1.62 bits per heavy atom. The van der Waals surface area contributed by atoms with E-state index in [9.17, 15) is 0 Å². The van der Waals surface area contributed by atoms with Gasteiger partial charge in [-0.05, 0) is 67.4 Å². The Kier molecular flexibility index (Phi) is 6.89. The highest BCUT2D eigenvalue weighted by molar-refractivity contribution is 7.80. The fourth-order valence-corrected chi connectivity index (χ4v) is 5.14. The van der Waals surface area contributed by atoms with Crippen LogP contribution in [0.1, 0.15) is 45.1 Å². The van der Waals surface area contributed by atoms with Gasteiger partial charge in [0.25, 0.3) is 0 Å². The summed E-state index contributed by atoms with van der Waals surface area (Å²) in [5.74, 6) is 5.40. The number of aromatic nitrogens is 2. The van der Waals surface area contributed by atoms with Crippen LogP contribution in [0.3, 0.4) is 0 Å². The van der Waals surface area contributed by atoms with E-state index in [0.717, 1.165) is 54.9 Å². The lowest BCUT2D eigenvalue weighted by Gasteiger charge is -2.35. The van der Waals surface area contributed by atoms with E-state index in [1.807, 2.05) is 18.2 Å². The zero-order valence-electron chi connectivity index (χ0n) is 20.0. The molecule has 4 heterocycles. The molecule has 0 bridgehead atoms. The average molecular weight is 483 g/mol. The minimum absolute atomic E-state index is 0.272. The van der Waals surface area contributed by atoms with Gasteiger partial charge >= 0.3 is 0 Å². The highest BCUT2D eigenvalue weighted by atomic mass is 32.1. The molecule has 0 saturated carbocycles. The first-order chi connectivity index (χ1) is 16.5. The zero-order valence-corrected chi connectivity index (χ0v) is 20.9. The lowest BCUT2D eigenvalue weighted by atomic mass is 10.00. The van der Waals surface area contributed by atoms with E-state index in [0.29, 0.717) is 29.4 Å². The molecule has 1 aromatic carbocycles. The maximum Gasteiger partial charge on any atom is 0.232 e. The van der Waals surface area contributed by atoms with Crippen LogP contribution in [0.2, 0.25) is 0 Å². The van der Waals surface area contributed by atoms with Gasteiger partial charge in [0, 0.05) is 38.8 Å². The number of thiocarbonyl (C=S) groups is 1. The summed E-state index contributed by atoms with van der Waals surface area (Å²) in [6, 6.07) is 8.06. The van der Waals surface area contributed by atoms with E-state index in [2.05, 4.69) is 40.3 Å². The predicted molar refractivity (Wildman–Crippen MR) is 139 cm³/mol. The van der Waals surface area contributed by atoms with Crippen LogP contribution in [0.5, 0.6) is 11.5 Å². The first-order valence-corrected chi connectivity index (χ1v) is 12.8. The van der Waals surface area contributed by atoms with Crippen molar-refractivity contribution in [3.05, 3.63) is 29.8 Å². The topological polar surface area (TPSA) is 74.8 Å². The average Bonchev–Trinajstić information content (AvgIpc) is 3.30. The minimum Gasteiger partial charge on any atom is -0.454 e. The van der Waals surface area contributed by atoms with Gasteiger partial charge in [0.2, 0.25) is 12.7 Å². The molecule has 0 unspecified atom stereocenters. The maximum absolute atomic E-state index is 5.59. The number of anilines is 3. The molecule has 2 aromatic rings. The Morgan fingerprint density at radius 3 is 2.26 bits per heavy atom. The molecule has 1 aromatic heterocycles. The molecule has 0 spiro atoms. The first kappa shape index (κ1) is 23.0. The molecular formula is C25H34N6O2S. The van der Waals surface area contributed by atoms with Gasteiger partial charge in [0.05, 0.1) is 0 Å². The number of ether oxygens (including phenoxy) is 2. The minimum atomic E-state index is 0.272. The Morgan fingerprint density at radius 1 is 0.971 bits per heavy atom. The van der Waals surface area contributed by atoms with Gasteiger partial charge in [0.1, 0.15) is 11.6 Å². The van der Waals surface area contributed by atoms with Crippen molar-refractivity contribution in [2.45, 2.75) is 46.1 Å². The molecule has 2 atom stereocenters. The lowest BCUT2D eigenvalue weighted by molar-refractivity contribution is 0.174. The number of benzene rings is 1. The summed E-state index contributed by atoms with van der Waals surface area (Å²) < 4.78 is 10.9. The molecular weight excluding hydrogens is 448 g/mol. The third-order valence-electron chi connectivity index (χ3n) is 6.78. The lowest BCUT2D eigenvalue weighted by Crippen LogP contribution is -2.37. The SMILES string of the molecule is C[C@H]1CCCN(c2cc(N3CCC[C@H](C)C3)nc(NC(=S)NCc3ccc4c(c3)OCO4)n2)C1. The van der Waals surface area contributed by atoms with Crippen molar-refractivity contribution in [2.24, 2.45) is 11.8 Å². The summed E-state index contributed by atoms with van der Waals surface area (Å²) in [4.78, 5) is 14.5. The molecule has 9 heteroatoms. The van der Waals surface area contributed by atoms with Crippen molar-refractivity contribution in [3.63, 3.8) is 0 Å². The smallest absolute Gasteiger partial charge is 0.232 e. The summed E-state index contributed by atoms with van der Waals surface area (Å²) in [5.41, 5.74) is 1.06. The van der Waals surface area contributed by atoms with E-state index in [1.54, 1.807) is 0 Å². The molecule has 8 nitrogen and oxygen atoms in total. The number of rotatable bonds is 5. The van der Waals surface area contributed by atoms with Crippen LogP contribution in [0, 0.1) is 11.8 Å². The normalized spacial score (nSPS) is 21.9. The molecule has 3 aliphatic heterocycles. The predicted octanol–water partition coefficient (Wildman–Crippen LogP) is 4.16. The van der Waals surface area contributed by atoms with E-state index in [1.165, 1.54) is 25.7 Å². The fraction of sp³-hybridized carbons (Fsp3) is 0.560. The number of nitrogens with one attached hydrogen (secondary N) is 2. The molecule has 182 valence electrons. The largest absolute Gasteiger partial charge is 0.454 e. The van der Waals surface area contributed by atoms with Crippen LogP contribution in [-0.4, -0.2) is 48.1 Å². The van der Waals surface area contributed by atoms with E-state index < -0.39 is 0 Å². The highest BCUT2D eigenvalue weighted by Crippen LogP contribution is 2.32. The van der Waals surface area contributed by atoms with Crippen LogP contribution >= 0.6 is 12.2 Å². The fourth-order valence-electron chi connectivity index (χ4n) is 4.98. The Bertz CT molecular complexity index is 994. The van der Waals surface area contributed by atoms with Gasteiger partial charge in [0.15, 0.2) is 16.6 Å². The van der Waals surface area contributed by atoms with Crippen molar-refractivity contribution in [3.8, 4) is 11.5 Å². The Hall–Kier alpha value is -2.81. The summed E-state index contributed by atoms with van der Waals surface area (Å²) in [7, 11) is 0. The van der Waals surface area contributed by atoms with Gasteiger partial charge in [-0.3, -0.25) is 0 Å².